The van der Waals surface area contributed by atoms with Crippen LogP contribution in [0.15, 0.2) is 36.5 Å². The summed E-state index contributed by atoms with van der Waals surface area (Å²) in [4.78, 5) is 4.27. The molecule has 0 fully saturated rings. The molecule has 24 heavy (non-hydrogen) atoms. The van der Waals surface area contributed by atoms with E-state index in [2.05, 4.69) is 4.98 Å². The van der Waals surface area contributed by atoms with E-state index in [0.29, 0.717) is 11.3 Å². The summed E-state index contributed by atoms with van der Waals surface area (Å²) >= 11 is 18.5. The Morgan fingerprint density at radius 3 is 2.25 bits per heavy atom. The highest BCUT2D eigenvalue weighted by Gasteiger charge is 2.23. The second kappa shape index (κ2) is 6.55. The van der Waals surface area contributed by atoms with Crippen molar-refractivity contribution in [3.8, 4) is 23.6 Å². The zero-order chi connectivity index (χ0) is 17.3. The third kappa shape index (κ3) is 2.62. The largest absolute Gasteiger partial charge is 0.452 e. The van der Waals surface area contributed by atoms with Crippen LogP contribution < -0.4 is 4.74 Å². The van der Waals surface area contributed by atoms with Crippen LogP contribution in [0.4, 0.5) is 0 Å². The van der Waals surface area contributed by atoms with Gasteiger partial charge >= 0.3 is 0 Å². The number of halogens is 3. The number of nitrogens with zero attached hydrogens (tertiary/aromatic N) is 3. The van der Waals surface area contributed by atoms with Crippen molar-refractivity contribution >= 4 is 45.7 Å². The molecule has 1 heterocycles. The average molecular weight is 375 g/mol. The fraction of sp³-hybridized carbons (Fsp3) is 0. The highest BCUT2D eigenvalue weighted by Crippen LogP contribution is 2.45. The number of benzene rings is 2. The lowest BCUT2D eigenvalue weighted by molar-refractivity contribution is 0.487. The molecule has 0 bridgehead atoms. The molecule has 116 valence electrons. The molecule has 2 aromatic carbocycles. The maximum Gasteiger partial charge on any atom is 0.167 e. The van der Waals surface area contributed by atoms with Gasteiger partial charge in [-0.1, -0.05) is 53.0 Å². The number of hydrogen-bond acceptors (Lipinski definition) is 4. The molecule has 0 unspecified atom stereocenters. The van der Waals surface area contributed by atoms with Crippen LogP contribution in [0.5, 0.6) is 11.5 Å². The van der Waals surface area contributed by atoms with Crippen molar-refractivity contribution < 1.29 is 4.74 Å². The molecule has 0 spiro atoms. The molecule has 0 radical (unpaired) electrons. The normalized spacial score (nSPS) is 10.2. The van der Waals surface area contributed by atoms with Gasteiger partial charge in [0.15, 0.2) is 11.5 Å². The lowest BCUT2D eigenvalue weighted by Crippen LogP contribution is -1.95. The molecule has 7 heteroatoms. The number of aromatic nitrogens is 1. The summed E-state index contributed by atoms with van der Waals surface area (Å²) in [6.07, 6.45) is 1.63. The zero-order valence-corrected chi connectivity index (χ0v) is 14.1. The van der Waals surface area contributed by atoms with E-state index in [9.17, 15) is 5.26 Å². The molecule has 0 aliphatic carbocycles. The quantitative estimate of drug-likeness (QED) is 0.537. The molecule has 0 saturated heterocycles. The fourth-order valence-corrected chi connectivity index (χ4v) is 2.98. The van der Waals surface area contributed by atoms with E-state index in [4.69, 9.17) is 44.8 Å². The first-order chi connectivity index (χ1) is 11.6. The van der Waals surface area contributed by atoms with Crippen molar-refractivity contribution in [2.24, 2.45) is 0 Å². The number of ether oxygens (including phenoxy) is 1. The summed E-state index contributed by atoms with van der Waals surface area (Å²) in [5.41, 5.74) is 0.431. The summed E-state index contributed by atoms with van der Waals surface area (Å²) in [6.45, 7) is 0. The molecule has 4 nitrogen and oxygen atoms in total. The summed E-state index contributed by atoms with van der Waals surface area (Å²) in [5.74, 6) is 0.415. The van der Waals surface area contributed by atoms with E-state index in [1.165, 1.54) is 0 Å². The molecule has 0 atom stereocenters. The first kappa shape index (κ1) is 16.4. The Hall–Kier alpha value is -2.50. The lowest BCUT2D eigenvalue weighted by atomic mass is 10.1. The van der Waals surface area contributed by atoms with Gasteiger partial charge < -0.3 is 4.74 Å². The van der Waals surface area contributed by atoms with Gasteiger partial charge in [0.05, 0.1) is 16.1 Å². The predicted octanol–water partition coefficient (Wildman–Crippen LogP) is 5.73. The number of pyridine rings is 1. The van der Waals surface area contributed by atoms with Crippen LogP contribution in [-0.4, -0.2) is 4.98 Å². The van der Waals surface area contributed by atoms with E-state index in [1.807, 2.05) is 24.3 Å². The van der Waals surface area contributed by atoms with Gasteiger partial charge in [-0.15, -0.1) is 0 Å². The number of hydrogen-bond donors (Lipinski definition) is 0. The Bertz CT molecular complexity index is 1050. The summed E-state index contributed by atoms with van der Waals surface area (Å²) < 4.78 is 5.80. The molecular formula is C17H6Cl3N3O. The molecule has 0 saturated carbocycles. The van der Waals surface area contributed by atoms with Crippen molar-refractivity contribution in [3.63, 3.8) is 0 Å². The molecule has 0 aliphatic rings. The van der Waals surface area contributed by atoms with Crippen molar-refractivity contribution in [3.05, 3.63) is 62.7 Å². The summed E-state index contributed by atoms with van der Waals surface area (Å²) in [5, 5.41) is 19.1. The monoisotopic (exact) mass is 373 g/mol. The maximum atomic E-state index is 9.25. The Morgan fingerprint density at radius 1 is 0.875 bits per heavy atom. The van der Waals surface area contributed by atoms with E-state index >= 15 is 0 Å². The lowest BCUT2D eigenvalue weighted by Gasteiger charge is -2.14. The van der Waals surface area contributed by atoms with E-state index in [0.717, 1.165) is 5.39 Å². The third-order valence-corrected chi connectivity index (χ3v) is 4.51. The van der Waals surface area contributed by atoms with Gasteiger partial charge in [0.2, 0.25) is 0 Å². The molecule has 0 N–H and O–H groups in total. The van der Waals surface area contributed by atoms with Crippen LogP contribution in [-0.2, 0) is 0 Å². The Morgan fingerprint density at radius 2 is 1.54 bits per heavy atom. The molecule has 1 aromatic heterocycles. The molecule has 0 aliphatic heterocycles. The van der Waals surface area contributed by atoms with Crippen molar-refractivity contribution in [1.82, 2.24) is 4.98 Å². The van der Waals surface area contributed by atoms with Crippen LogP contribution in [0.3, 0.4) is 0 Å². The van der Waals surface area contributed by atoms with Crippen molar-refractivity contribution in [2.75, 3.05) is 0 Å². The highest BCUT2D eigenvalue weighted by atomic mass is 35.5. The number of nitriles is 2. The second-order valence-electron chi connectivity index (χ2n) is 4.68. The molecular weight excluding hydrogens is 369 g/mol. The predicted molar refractivity (Wildman–Crippen MR) is 92.7 cm³/mol. The van der Waals surface area contributed by atoms with Gasteiger partial charge in [-0.25, -0.2) is 0 Å². The zero-order valence-electron chi connectivity index (χ0n) is 11.8. The molecule has 0 amide bonds. The van der Waals surface area contributed by atoms with Gasteiger partial charge in [-0.05, 0) is 12.1 Å². The maximum absolute atomic E-state index is 9.25. The average Bonchev–Trinajstić information content (AvgIpc) is 2.61. The first-order valence-electron chi connectivity index (χ1n) is 6.60. The SMILES string of the molecule is N#Cc1c(Cl)c(Cl)c(Oc2cccc3cccnc23)c(Cl)c1C#N. The third-order valence-electron chi connectivity index (χ3n) is 3.31. The Balaban J connectivity index is 2.23. The highest BCUT2D eigenvalue weighted by molar-refractivity contribution is 6.46. The second-order valence-corrected chi connectivity index (χ2v) is 5.81. The molecule has 3 aromatic rings. The van der Waals surface area contributed by atoms with Crippen molar-refractivity contribution in [1.29, 1.82) is 10.5 Å². The van der Waals surface area contributed by atoms with Crippen molar-refractivity contribution in [2.45, 2.75) is 0 Å². The number of fused-ring (bicyclic) bond motifs is 1. The van der Waals surface area contributed by atoms with Crippen LogP contribution in [0.2, 0.25) is 15.1 Å². The number of rotatable bonds is 2. The summed E-state index contributed by atoms with van der Waals surface area (Å²) in [7, 11) is 0. The standard InChI is InChI=1S/C17H6Cl3N3O/c18-13-10(7-21)11(8-22)14(19)17(15(13)20)24-12-5-1-3-9-4-2-6-23-16(9)12/h1-6H. The smallest absolute Gasteiger partial charge is 0.167 e. The topological polar surface area (TPSA) is 69.7 Å². The minimum absolute atomic E-state index is 0.0111. The van der Waals surface area contributed by atoms with Crippen LogP contribution in [0.25, 0.3) is 10.9 Å². The van der Waals surface area contributed by atoms with Crippen LogP contribution in [0.1, 0.15) is 11.1 Å². The van der Waals surface area contributed by atoms with Crippen LogP contribution in [0, 0.1) is 22.7 Å². The van der Waals surface area contributed by atoms with Gasteiger partial charge in [-0.3, -0.25) is 4.98 Å². The minimum atomic E-state index is -0.0863. The van der Waals surface area contributed by atoms with Crippen LogP contribution >= 0.6 is 34.8 Å². The van der Waals surface area contributed by atoms with E-state index < -0.39 is 0 Å². The Kier molecular flexibility index (Phi) is 4.46. The molecule has 3 rings (SSSR count). The summed E-state index contributed by atoms with van der Waals surface area (Å²) in [6, 6.07) is 12.7. The van der Waals surface area contributed by atoms with Gasteiger partial charge in [0, 0.05) is 11.6 Å². The van der Waals surface area contributed by atoms with Gasteiger partial charge in [0.25, 0.3) is 0 Å². The van der Waals surface area contributed by atoms with E-state index in [1.54, 1.807) is 24.4 Å². The fourth-order valence-electron chi connectivity index (χ4n) is 2.21. The Labute approximate surface area is 152 Å². The minimum Gasteiger partial charge on any atom is -0.452 e. The number of para-hydroxylation sites is 1. The van der Waals surface area contributed by atoms with Gasteiger partial charge in [-0.2, -0.15) is 10.5 Å². The van der Waals surface area contributed by atoms with Gasteiger partial charge in [0.1, 0.15) is 27.7 Å². The first-order valence-corrected chi connectivity index (χ1v) is 7.74. The van der Waals surface area contributed by atoms with E-state index in [-0.39, 0.29) is 31.9 Å².